The Hall–Kier alpha value is -1.92. The fraction of sp³-hybridized carbons (Fsp3) is 0.375. The summed E-state index contributed by atoms with van der Waals surface area (Å²) in [6.45, 7) is 1.89. The fourth-order valence-electron chi connectivity index (χ4n) is 2.56. The monoisotopic (exact) mass is 341 g/mol. The Morgan fingerprint density at radius 1 is 1.43 bits per heavy atom. The Labute approximate surface area is 138 Å². The number of esters is 1. The molecule has 1 aromatic carbocycles. The highest BCUT2D eigenvalue weighted by molar-refractivity contribution is 6.31. The Kier molecular flexibility index (Phi) is 5.74. The topological polar surface area (TPSA) is 64.6 Å². The van der Waals surface area contributed by atoms with Crippen LogP contribution in [0.3, 0.4) is 0 Å². The van der Waals surface area contributed by atoms with Crippen LogP contribution in [0.15, 0.2) is 29.5 Å². The molecule has 0 bridgehead atoms. The van der Waals surface area contributed by atoms with Crippen LogP contribution in [0.2, 0.25) is 5.02 Å². The lowest BCUT2D eigenvalue weighted by atomic mass is 9.84. The number of rotatable bonds is 5. The van der Waals surface area contributed by atoms with Gasteiger partial charge in [-0.3, -0.25) is 4.79 Å². The first kappa shape index (κ1) is 17.4. The standard InChI is InChI=1S/C16H17ClFNO4/c1-9-14(16(21)23-7-6-22-2)10(8-13(20)19-9)15-11(17)4-3-5-12(15)18/h3-5,10H,6-8H2,1-2H3,(H,19,20)/t10-/m0/s1. The number of hydrogen-bond acceptors (Lipinski definition) is 4. The quantitative estimate of drug-likeness (QED) is 0.660. The highest BCUT2D eigenvalue weighted by Gasteiger charge is 2.35. The van der Waals surface area contributed by atoms with Gasteiger partial charge in [0, 0.05) is 35.7 Å². The lowest BCUT2D eigenvalue weighted by Gasteiger charge is -2.27. The van der Waals surface area contributed by atoms with E-state index in [1.807, 2.05) is 0 Å². The van der Waals surface area contributed by atoms with Gasteiger partial charge in [-0.1, -0.05) is 17.7 Å². The molecule has 1 amide bonds. The van der Waals surface area contributed by atoms with Crippen molar-refractivity contribution < 1.29 is 23.5 Å². The predicted octanol–water partition coefficient (Wildman–Crippen LogP) is 2.55. The number of nitrogens with one attached hydrogen (secondary N) is 1. The summed E-state index contributed by atoms with van der Waals surface area (Å²) in [6, 6.07) is 4.24. The third kappa shape index (κ3) is 3.89. The second-order valence-corrected chi connectivity index (χ2v) is 5.51. The highest BCUT2D eigenvalue weighted by Crippen LogP contribution is 2.38. The first-order valence-corrected chi connectivity index (χ1v) is 7.44. The van der Waals surface area contributed by atoms with Gasteiger partial charge in [0.1, 0.15) is 12.4 Å². The summed E-state index contributed by atoms with van der Waals surface area (Å²) in [7, 11) is 1.49. The van der Waals surface area contributed by atoms with Crippen molar-refractivity contribution in [2.45, 2.75) is 19.3 Å². The van der Waals surface area contributed by atoms with Crippen LogP contribution in [0.4, 0.5) is 4.39 Å². The van der Waals surface area contributed by atoms with Crippen molar-refractivity contribution in [1.29, 1.82) is 0 Å². The molecule has 1 N–H and O–H groups in total. The zero-order chi connectivity index (χ0) is 17.0. The SMILES string of the molecule is COCCOC(=O)C1=C(C)NC(=O)C[C@@H]1c1c(F)cccc1Cl. The molecule has 0 saturated heterocycles. The molecule has 0 unspecified atom stereocenters. The summed E-state index contributed by atoms with van der Waals surface area (Å²) >= 11 is 6.09. The molecule has 124 valence electrons. The van der Waals surface area contributed by atoms with Crippen molar-refractivity contribution in [3.63, 3.8) is 0 Å². The molecule has 1 heterocycles. The molecule has 7 heteroatoms. The van der Waals surface area contributed by atoms with Crippen molar-refractivity contribution in [3.05, 3.63) is 45.9 Å². The Morgan fingerprint density at radius 2 is 2.17 bits per heavy atom. The van der Waals surface area contributed by atoms with Gasteiger partial charge >= 0.3 is 5.97 Å². The molecule has 1 aliphatic rings. The number of hydrogen-bond donors (Lipinski definition) is 1. The molecule has 2 rings (SSSR count). The van der Waals surface area contributed by atoms with E-state index in [9.17, 15) is 14.0 Å². The minimum atomic E-state index is -0.785. The van der Waals surface area contributed by atoms with Crippen LogP contribution in [-0.2, 0) is 19.1 Å². The van der Waals surface area contributed by atoms with E-state index in [4.69, 9.17) is 21.1 Å². The molecule has 5 nitrogen and oxygen atoms in total. The van der Waals surface area contributed by atoms with Gasteiger partial charge in [0.15, 0.2) is 0 Å². The summed E-state index contributed by atoms with van der Waals surface area (Å²) in [5, 5.41) is 2.75. The molecule has 0 spiro atoms. The third-order valence-electron chi connectivity index (χ3n) is 3.56. The maximum Gasteiger partial charge on any atom is 0.336 e. The molecule has 23 heavy (non-hydrogen) atoms. The lowest BCUT2D eigenvalue weighted by Crippen LogP contribution is -2.34. The van der Waals surface area contributed by atoms with Crippen molar-refractivity contribution in [1.82, 2.24) is 5.32 Å². The summed E-state index contributed by atoms with van der Waals surface area (Å²) < 4.78 is 24.2. The van der Waals surface area contributed by atoms with E-state index in [1.54, 1.807) is 6.92 Å². The van der Waals surface area contributed by atoms with Gasteiger partial charge < -0.3 is 14.8 Å². The van der Waals surface area contributed by atoms with Gasteiger partial charge in [-0.15, -0.1) is 0 Å². The summed E-state index contributed by atoms with van der Waals surface area (Å²) in [4.78, 5) is 24.2. The number of amides is 1. The van der Waals surface area contributed by atoms with Crippen LogP contribution in [0.25, 0.3) is 0 Å². The van der Waals surface area contributed by atoms with Crippen LogP contribution >= 0.6 is 11.6 Å². The first-order chi connectivity index (χ1) is 11.0. The van der Waals surface area contributed by atoms with Gasteiger partial charge in [-0.25, -0.2) is 9.18 Å². The zero-order valence-corrected chi connectivity index (χ0v) is 13.6. The average Bonchev–Trinajstić information content (AvgIpc) is 2.46. The van der Waals surface area contributed by atoms with Crippen molar-refractivity contribution in [2.75, 3.05) is 20.3 Å². The van der Waals surface area contributed by atoms with E-state index in [-0.39, 0.29) is 41.7 Å². The number of ether oxygens (including phenoxy) is 2. The summed E-state index contributed by atoms with van der Waals surface area (Å²) in [5.74, 6) is -2.27. The summed E-state index contributed by atoms with van der Waals surface area (Å²) in [5.41, 5.74) is 0.669. The number of halogens is 2. The Morgan fingerprint density at radius 3 is 2.83 bits per heavy atom. The first-order valence-electron chi connectivity index (χ1n) is 7.06. The number of methoxy groups -OCH3 is 1. The van der Waals surface area contributed by atoms with Crippen LogP contribution in [0.1, 0.15) is 24.8 Å². The highest BCUT2D eigenvalue weighted by atomic mass is 35.5. The largest absolute Gasteiger partial charge is 0.460 e. The van der Waals surface area contributed by atoms with Crippen LogP contribution in [0.5, 0.6) is 0 Å². The molecular formula is C16H17ClFNO4. The van der Waals surface area contributed by atoms with E-state index >= 15 is 0 Å². The number of benzene rings is 1. The van der Waals surface area contributed by atoms with Crippen LogP contribution in [-0.4, -0.2) is 32.2 Å². The van der Waals surface area contributed by atoms with Crippen LogP contribution in [0, 0.1) is 5.82 Å². The Bertz CT molecular complexity index is 639. The number of carbonyl (C=O) groups excluding carboxylic acids is 2. The van der Waals surface area contributed by atoms with Gasteiger partial charge in [-0.2, -0.15) is 0 Å². The van der Waals surface area contributed by atoms with Gasteiger partial charge in [0.25, 0.3) is 0 Å². The minimum absolute atomic E-state index is 0.0672. The minimum Gasteiger partial charge on any atom is -0.460 e. The third-order valence-corrected chi connectivity index (χ3v) is 3.89. The molecule has 0 fully saturated rings. The van der Waals surface area contributed by atoms with Crippen LogP contribution < -0.4 is 5.32 Å². The van der Waals surface area contributed by atoms with Crippen molar-refractivity contribution in [3.8, 4) is 0 Å². The molecule has 1 atom stereocenters. The van der Waals surface area contributed by atoms with E-state index in [0.29, 0.717) is 5.70 Å². The van der Waals surface area contributed by atoms with E-state index in [2.05, 4.69) is 5.32 Å². The number of carbonyl (C=O) groups is 2. The molecular weight excluding hydrogens is 325 g/mol. The van der Waals surface area contributed by atoms with Crippen molar-refractivity contribution >= 4 is 23.5 Å². The molecule has 0 aliphatic carbocycles. The average molecular weight is 342 g/mol. The second kappa shape index (κ2) is 7.57. The summed E-state index contributed by atoms with van der Waals surface area (Å²) in [6.07, 6.45) is -0.0767. The van der Waals surface area contributed by atoms with Gasteiger partial charge in [-0.05, 0) is 19.1 Å². The second-order valence-electron chi connectivity index (χ2n) is 5.11. The van der Waals surface area contributed by atoms with Crippen molar-refractivity contribution in [2.24, 2.45) is 0 Å². The van der Waals surface area contributed by atoms with Gasteiger partial charge in [0.2, 0.25) is 5.91 Å². The van der Waals surface area contributed by atoms with Gasteiger partial charge in [0.05, 0.1) is 12.2 Å². The Balaban J connectivity index is 2.40. The number of allylic oxidation sites excluding steroid dienone is 1. The zero-order valence-electron chi connectivity index (χ0n) is 12.8. The predicted molar refractivity (Wildman–Crippen MR) is 82.4 cm³/mol. The molecule has 0 radical (unpaired) electrons. The van der Waals surface area contributed by atoms with E-state index in [0.717, 1.165) is 0 Å². The smallest absolute Gasteiger partial charge is 0.336 e. The van der Waals surface area contributed by atoms with E-state index < -0.39 is 17.7 Å². The molecule has 1 aliphatic heterocycles. The normalized spacial score (nSPS) is 17.9. The fourth-order valence-corrected chi connectivity index (χ4v) is 2.85. The molecule has 0 saturated carbocycles. The lowest BCUT2D eigenvalue weighted by molar-refractivity contribution is -0.141. The maximum absolute atomic E-state index is 14.2. The molecule has 1 aromatic rings. The maximum atomic E-state index is 14.2. The molecule has 0 aromatic heterocycles. The van der Waals surface area contributed by atoms with E-state index in [1.165, 1.54) is 25.3 Å².